The summed E-state index contributed by atoms with van der Waals surface area (Å²) in [6.45, 7) is 7.49. The van der Waals surface area contributed by atoms with Gasteiger partial charge in [-0.2, -0.15) is 0 Å². The molecule has 6 heteroatoms. The van der Waals surface area contributed by atoms with E-state index in [-0.39, 0.29) is 17.6 Å². The number of hydrogen-bond acceptors (Lipinski definition) is 6. The number of hydrogen-bond donors (Lipinski definition) is 3. The number of anilines is 2. The molecular formula is C15H26N4O2. The largest absolute Gasteiger partial charge is 0.392 e. The number of ether oxygens (including phenoxy) is 1. The molecule has 1 aromatic heterocycles. The topological polar surface area (TPSA) is 79.3 Å². The first kappa shape index (κ1) is 16.0. The molecule has 0 aromatic carbocycles. The van der Waals surface area contributed by atoms with Crippen molar-refractivity contribution in [2.75, 3.05) is 24.3 Å². The van der Waals surface area contributed by atoms with Crippen molar-refractivity contribution in [1.29, 1.82) is 0 Å². The first-order valence-corrected chi connectivity index (χ1v) is 7.52. The van der Waals surface area contributed by atoms with Crippen molar-refractivity contribution in [3.63, 3.8) is 0 Å². The standard InChI is InChI=1S/C15H26N4O2/c1-5-6-16-12-8-13(19-14(18-12)9-21-4)17-10-7-11(20)15(10,2)3/h8,10-11,20H,5-7,9H2,1-4H3,(H2,16,17,18,19). The van der Waals surface area contributed by atoms with E-state index in [1.54, 1.807) is 7.11 Å². The summed E-state index contributed by atoms with van der Waals surface area (Å²) in [5, 5.41) is 16.5. The molecule has 0 amide bonds. The summed E-state index contributed by atoms with van der Waals surface area (Å²) in [7, 11) is 1.63. The molecule has 21 heavy (non-hydrogen) atoms. The van der Waals surface area contributed by atoms with Crippen LogP contribution in [0.4, 0.5) is 11.6 Å². The maximum absolute atomic E-state index is 9.83. The fourth-order valence-electron chi connectivity index (χ4n) is 2.43. The molecule has 0 saturated heterocycles. The van der Waals surface area contributed by atoms with Crippen molar-refractivity contribution in [3.8, 4) is 0 Å². The van der Waals surface area contributed by atoms with Crippen LogP contribution in [0.15, 0.2) is 6.07 Å². The summed E-state index contributed by atoms with van der Waals surface area (Å²) in [4.78, 5) is 8.90. The monoisotopic (exact) mass is 294 g/mol. The number of nitrogens with one attached hydrogen (secondary N) is 2. The summed E-state index contributed by atoms with van der Waals surface area (Å²) in [6.07, 6.45) is 1.52. The second kappa shape index (κ2) is 6.58. The average molecular weight is 294 g/mol. The Balaban J connectivity index is 2.12. The molecule has 1 aromatic rings. The second-order valence-electron chi connectivity index (χ2n) is 6.18. The van der Waals surface area contributed by atoms with E-state index in [9.17, 15) is 5.11 Å². The molecule has 0 aliphatic heterocycles. The van der Waals surface area contributed by atoms with Gasteiger partial charge in [0.05, 0.1) is 6.10 Å². The van der Waals surface area contributed by atoms with Crippen LogP contribution >= 0.6 is 0 Å². The number of aliphatic hydroxyl groups is 1. The van der Waals surface area contributed by atoms with Crippen molar-refractivity contribution in [2.24, 2.45) is 5.41 Å². The van der Waals surface area contributed by atoms with E-state index in [1.165, 1.54) is 0 Å². The van der Waals surface area contributed by atoms with E-state index in [1.807, 2.05) is 6.07 Å². The zero-order chi connectivity index (χ0) is 15.5. The third kappa shape index (κ3) is 3.63. The van der Waals surface area contributed by atoms with Crippen molar-refractivity contribution >= 4 is 11.6 Å². The second-order valence-corrected chi connectivity index (χ2v) is 6.18. The minimum absolute atomic E-state index is 0.136. The highest BCUT2D eigenvalue weighted by molar-refractivity contribution is 5.48. The van der Waals surface area contributed by atoms with Crippen LogP contribution in [0.1, 0.15) is 39.4 Å². The first-order valence-electron chi connectivity index (χ1n) is 7.52. The molecule has 1 aliphatic carbocycles. The summed E-state index contributed by atoms with van der Waals surface area (Å²) >= 11 is 0. The quantitative estimate of drug-likeness (QED) is 0.714. The van der Waals surface area contributed by atoms with E-state index in [0.29, 0.717) is 12.4 Å². The maximum Gasteiger partial charge on any atom is 0.158 e. The Kier molecular flexibility index (Phi) is 5.00. The third-order valence-corrected chi connectivity index (χ3v) is 4.14. The van der Waals surface area contributed by atoms with Gasteiger partial charge >= 0.3 is 0 Å². The Morgan fingerprint density at radius 1 is 1.38 bits per heavy atom. The van der Waals surface area contributed by atoms with Crippen molar-refractivity contribution in [1.82, 2.24) is 9.97 Å². The lowest BCUT2D eigenvalue weighted by atomic mass is 9.64. The normalized spacial score (nSPS) is 23.5. The smallest absolute Gasteiger partial charge is 0.158 e. The molecule has 0 spiro atoms. The molecule has 1 fully saturated rings. The highest BCUT2D eigenvalue weighted by Gasteiger charge is 2.47. The highest BCUT2D eigenvalue weighted by Crippen LogP contribution is 2.42. The van der Waals surface area contributed by atoms with Gasteiger partial charge in [-0.1, -0.05) is 20.8 Å². The van der Waals surface area contributed by atoms with E-state index < -0.39 is 0 Å². The van der Waals surface area contributed by atoms with Crippen LogP contribution < -0.4 is 10.6 Å². The lowest BCUT2D eigenvalue weighted by Crippen LogP contribution is -2.57. The predicted octanol–water partition coefficient (Wildman–Crippen LogP) is 2.02. The van der Waals surface area contributed by atoms with Crippen LogP contribution in [0.5, 0.6) is 0 Å². The average Bonchev–Trinajstić information content (AvgIpc) is 2.45. The molecule has 2 atom stereocenters. The molecule has 6 nitrogen and oxygen atoms in total. The lowest BCUT2D eigenvalue weighted by Gasteiger charge is -2.49. The number of aromatic nitrogens is 2. The Labute approximate surface area is 126 Å². The SMILES string of the molecule is CCCNc1cc(NC2CC(O)C2(C)C)nc(COC)n1. The molecule has 2 rings (SSSR count). The Hall–Kier alpha value is -1.40. The van der Waals surface area contributed by atoms with Crippen LogP contribution in [0.3, 0.4) is 0 Å². The van der Waals surface area contributed by atoms with Crippen LogP contribution in [0, 0.1) is 5.41 Å². The van der Waals surface area contributed by atoms with Crippen molar-refractivity contribution in [2.45, 2.75) is 52.4 Å². The van der Waals surface area contributed by atoms with Gasteiger partial charge in [0, 0.05) is 31.2 Å². The Bertz CT molecular complexity index is 479. The van der Waals surface area contributed by atoms with Gasteiger partial charge in [0.15, 0.2) is 5.82 Å². The molecule has 1 saturated carbocycles. The van der Waals surface area contributed by atoms with Gasteiger partial charge in [0.2, 0.25) is 0 Å². The third-order valence-electron chi connectivity index (χ3n) is 4.14. The van der Waals surface area contributed by atoms with Gasteiger partial charge in [-0.15, -0.1) is 0 Å². The molecule has 0 radical (unpaired) electrons. The van der Waals surface area contributed by atoms with Crippen LogP contribution in [-0.2, 0) is 11.3 Å². The lowest BCUT2D eigenvalue weighted by molar-refractivity contribution is -0.0511. The molecule has 3 N–H and O–H groups in total. The highest BCUT2D eigenvalue weighted by atomic mass is 16.5. The van der Waals surface area contributed by atoms with Gasteiger partial charge in [-0.25, -0.2) is 9.97 Å². The van der Waals surface area contributed by atoms with E-state index in [0.717, 1.165) is 31.0 Å². The summed E-state index contributed by atoms with van der Waals surface area (Å²) in [6, 6.07) is 2.13. The van der Waals surface area contributed by atoms with Gasteiger partial charge in [0.1, 0.15) is 18.2 Å². The molecular weight excluding hydrogens is 268 g/mol. The Morgan fingerprint density at radius 3 is 2.67 bits per heavy atom. The fourth-order valence-corrected chi connectivity index (χ4v) is 2.43. The van der Waals surface area contributed by atoms with Gasteiger partial charge in [0.25, 0.3) is 0 Å². The predicted molar refractivity (Wildman–Crippen MR) is 83.3 cm³/mol. The zero-order valence-electron chi connectivity index (χ0n) is 13.3. The van der Waals surface area contributed by atoms with Crippen LogP contribution in [0.25, 0.3) is 0 Å². The molecule has 1 heterocycles. The van der Waals surface area contributed by atoms with Gasteiger partial charge in [-0.05, 0) is 12.8 Å². The van der Waals surface area contributed by atoms with Crippen LogP contribution in [-0.4, -0.2) is 40.9 Å². The zero-order valence-corrected chi connectivity index (χ0v) is 13.3. The fraction of sp³-hybridized carbons (Fsp3) is 0.733. The van der Waals surface area contributed by atoms with Crippen molar-refractivity contribution in [3.05, 3.63) is 11.9 Å². The minimum Gasteiger partial charge on any atom is -0.392 e. The van der Waals surface area contributed by atoms with Gasteiger partial charge in [-0.3, -0.25) is 0 Å². The summed E-state index contributed by atoms with van der Waals surface area (Å²) in [5.74, 6) is 2.23. The Morgan fingerprint density at radius 2 is 2.10 bits per heavy atom. The number of rotatable bonds is 7. The summed E-state index contributed by atoms with van der Waals surface area (Å²) in [5.41, 5.74) is -0.136. The summed E-state index contributed by atoms with van der Waals surface area (Å²) < 4.78 is 5.13. The van der Waals surface area contributed by atoms with E-state index in [4.69, 9.17) is 4.74 Å². The minimum atomic E-state index is -0.257. The number of nitrogens with zero attached hydrogens (tertiary/aromatic N) is 2. The van der Waals surface area contributed by atoms with Gasteiger partial charge < -0.3 is 20.5 Å². The number of methoxy groups -OCH3 is 1. The maximum atomic E-state index is 9.83. The number of aliphatic hydroxyl groups excluding tert-OH is 1. The molecule has 1 aliphatic rings. The first-order chi connectivity index (χ1) is 9.97. The molecule has 0 bridgehead atoms. The molecule has 2 unspecified atom stereocenters. The van der Waals surface area contributed by atoms with Crippen molar-refractivity contribution < 1.29 is 9.84 Å². The molecule has 118 valence electrons. The van der Waals surface area contributed by atoms with Crippen LogP contribution in [0.2, 0.25) is 0 Å². The van der Waals surface area contributed by atoms with E-state index in [2.05, 4.69) is 41.4 Å². The van der Waals surface area contributed by atoms with E-state index >= 15 is 0 Å².